The van der Waals surface area contributed by atoms with Gasteiger partial charge in [0.15, 0.2) is 11.5 Å². The third-order valence-corrected chi connectivity index (χ3v) is 4.74. The molecule has 27 heavy (non-hydrogen) atoms. The van der Waals surface area contributed by atoms with Crippen molar-refractivity contribution in [2.24, 2.45) is 5.10 Å². The fourth-order valence-corrected chi connectivity index (χ4v) is 3.30. The van der Waals surface area contributed by atoms with Crippen molar-refractivity contribution in [1.29, 1.82) is 0 Å². The van der Waals surface area contributed by atoms with E-state index in [4.69, 9.17) is 21.1 Å². The molecule has 7 nitrogen and oxygen atoms in total. The maximum atomic E-state index is 12.8. The number of nitrogens with zero attached hydrogens (tertiary/aromatic N) is 2. The van der Waals surface area contributed by atoms with E-state index in [1.807, 2.05) is 18.2 Å². The summed E-state index contributed by atoms with van der Waals surface area (Å²) < 4.78 is 11.0. The Morgan fingerprint density at radius 2 is 1.93 bits per heavy atom. The van der Waals surface area contributed by atoms with Gasteiger partial charge in [0, 0.05) is 0 Å². The van der Waals surface area contributed by atoms with Gasteiger partial charge in [-0.25, -0.2) is 4.79 Å². The van der Waals surface area contributed by atoms with Crippen LogP contribution in [0.3, 0.4) is 0 Å². The zero-order chi connectivity index (χ0) is 19.0. The van der Waals surface area contributed by atoms with E-state index in [1.54, 1.807) is 31.2 Å². The van der Waals surface area contributed by atoms with Crippen LogP contribution in [0, 0.1) is 0 Å². The van der Waals surface area contributed by atoms with E-state index in [0.717, 1.165) is 5.01 Å². The van der Waals surface area contributed by atoms with E-state index in [9.17, 15) is 9.59 Å². The molecule has 1 saturated heterocycles. The maximum Gasteiger partial charge on any atom is 0.346 e. The fraction of sp³-hybridized carbons (Fsp3) is 0.211. The summed E-state index contributed by atoms with van der Waals surface area (Å²) in [5.74, 6) is 0.520. The number of hydrogen-bond acceptors (Lipinski definition) is 5. The molecule has 0 saturated carbocycles. The molecule has 4 rings (SSSR count). The van der Waals surface area contributed by atoms with Gasteiger partial charge in [0.2, 0.25) is 0 Å². The molecule has 3 amide bonds. The van der Waals surface area contributed by atoms with Gasteiger partial charge in [0.25, 0.3) is 5.91 Å². The van der Waals surface area contributed by atoms with E-state index in [1.165, 1.54) is 6.21 Å². The lowest BCUT2D eigenvalue weighted by Crippen LogP contribution is -2.40. The molecular weight excluding hydrogens is 370 g/mol. The van der Waals surface area contributed by atoms with Crippen LogP contribution in [-0.2, 0) is 10.3 Å². The summed E-state index contributed by atoms with van der Waals surface area (Å²) in [6, 6.07) is 11.8. The number of urea groups is 1. The number of halogens is 1. The SMILES string of the molecule is C[C@@]1(c2ccccc2)NC(=O)N(/N=C\c2cc(Cl)c3c(c2)OCCO3)C1=O. The number of carbonyl (C=O) groups excluding carboxylic acids is 2. The molecule has 0 aliphatic carbocycles. The van der Waals surface area contributed by atoms with Crippen LogP contribution in [0.5, 0.6) is 11.5 Å². The van der Waals surface area contributed by atoms with Gasteiger partial charge in [0.1, 0.15) is 18.8 Å². The first kappa shape index (κ1) is 17.4. The van der Waals surface area contributed by atoms with Crippen LogP contribution in [0.1, 0.15) is 18.1 Å². The minimum Gasteiger partial charge on any atom is -0.486 e. The highest BCUT2D eigenvalue weighted by molar-refractivity contribution is 6.32. The van der Waals surface area contributed by atoms with Crippen LogP contribution in [0.15, 0.2) is 47.6 Å². The standard InChI is InChI=1S/C19H16ClN3O4/c1-19(13-5-3-2-4-6-13)17(24)23(18(25)22-19)21-11-12-9-14(20)16-15(10-12)26-7-8-27-16/h2-6,9-11H,7-8H2,1H3,(H,22,25)/b21-11-/t19-/m0/s1. The molecule has 0 spiro atoms. The van der Waals surface area contributed by atoms with Crippen molar-refractivity contribution >= 4 is 29.8 Å². The van der Waals surface area contributed by atoms with Crippen molar-refractivity contribution in [3.63, 3.8) is 0 Å². The lowest BCUT2D eigenvalue weighted by atomic mass is 9.92. The summed E-state index contributed by atoms with van der Waals surface area (Å²) in [5, 5.41) is 7.95. The largest absolute Gasteiger partial charge is 0.486 e. The van der Waals surface area contributed by atoms with E-state index in [2.05, 4.69) is 10.4 Å². The highest BCUT2D eigenvalue weighted by Gasteiger charge is 2.49. The molecule has 138 valence electrons. The summed E-state index contributed by atoms with van der Waals surface area (Å²) in [4.78, 5) is 25.1. The van der Waals surface area contributed by atoms with Crippen LogP contribution in [0.4, 0.5) is 4.79 Å². The van der Waals surface area contributed by atoms with Crippen LogP contribution < -0.4 is 14.8 Å². The lowest BCUT2D eigenvalue weighted by Gasteiger charge is -2.21. The van der Waals surface area contributed by atoms with Gasteiger partial charge < -0.3 is 14.8 Å². The molecule has 1 fully saturated rings. The van der Waals surface area contributed by atoms with E-state index in [-0.39, 0.29) is 0 Å². The zero-order valence-electron chi connectivity index (χ0n) is 14.4. The third kappa shape index (κ3) is 3.00. The lowest BCUT2D eigenvalue weighted by molar-refractivity contribution is -0.131. The van der Waals surface area contributed by atoms with Crippen molar-refractivity contribution < 1.29 is 19.1 Å². The Morgan fingerprint density at radius 1 is 1.19 bits per heavy atom. The summed E-state index contributed by atoms with van der Waals surface area (Å²) in [5.41, 5.74) is 0.0988. The van der Waals surface area contributed by atoms with E-state index in [0.29, 0.717) is 40.9 Å². The number of rotatable bonds is 3. The molecule has 2 aliphatic heterocycles. The van der Waals surface area contributed by atoms with Crippen molar-refractivity contribution in [3.05, 3.63) is 58.6 Å². The number of ether oxygens (including phenoxy) is 2. The highest BCUT2D eigenvalue weighted by atomic mass is 35.5. The van der Waals surface area contributed by atoms with Gasteiger partial charge in [-0.2, -0.15) is 5.10 Å². The maximum absolute atomic E-state index is 12.8. The second-order valence-corrected chi connectivity index (χ2v) is 6.72. The van der Waals surface area contributed by atoms with Gasteiger partial charge in [-0.3, -0.25) is 4.79 Å². The molecular formula is C19H16ClN3O4. The Labute approximate surface area is 160 Å². The first-order valence-electron chi connectivity index (χ1n) is 8.34. The Balaban J connectivity index is 1.60. The van der Waals surface area contributed by atoms with E-state index < -0.39 is 17.5 Å². The van der Waals surface area contributed by atoms with Crippen LogP contribution >= 0.6 is 11.6 Å². The summed E-state index contributed by atoms with van der Waals surface area (Å²) >= 11 is 6.20. The third-order valence-electron chi connectivity index (χ3n) is 4.46. The summed E-state index contributed by atoms with van der Waals surface area (Å²) in [6.45, 7) is 2.51. The second-order valence-electron chi connectivity index (χ2n) is 6.31. The molecule has 8 heteroatoms. The number of hydrogen-bond donors (Lipinski definition) is 1. The Hall–Kier alpha value is -3.06. The summed E-state index contributed by atoms with van der Waals surface area (Å²) in [6.07, 6.45) is 1.39. The molecule has 1 atom stereocenters. The predicted molar refractivity (Wildman–Crippen MR) is 99.2 cm³/mol. The molecule has 0 aromatic heterocycles. The molecule has 2 heterocycles. The minimum absolute atomic E-state index is 0.375. The molecule has 0 radical (unpaired) electrons. The van der Waals surface area contributed by atoms with Crippen molar-refractivity contribution in [1.82, 2.24) is 10.3 Å². The number of carbonyl (C=O) groups is 2. The van der Waals surface area contributed by atoms with Crippen LogP contribution in [0.2, 0.25) is 5.02 Å². The predicted octanol–water partition coefficient (Wildman–Crippen LogP) is 2.91. The van der Waals surface area contributed by atoms with Crippen molar-refractivity contribution in [3.8, 4) is 11.5 Å². The number of amides is 3. The number of nitrogens with one attached hydrogen (secondary N) is 1. The monoisotopic (exact) mass is 385 g/mol. The minimum atomic E-state index is -1.17. The average Bonchev–Trinajstić information content (AvgIpc) is 2.90. The number of benzene rings is 2. The van der Waals surface area contributed by atoms with Gasteiger partial charge >= 0.3 is 6.03 Å². The molecule has 2 aromatic carbocycles. The number of imide groups is 1. The summed E-state index contributed by atoms with van der Waals surface area (Å²) in [7, 11) is 0. The molecule has 2 aromatic rings. The van der Waals surface area contributed by atoms with Gasteiger partial charge in [-0.15, -0.1) is 5.01 Å². The molecule has 1 N–H and O–H groups in total. The fourth-order valence-electron chi connectivity index (χ4n) is 3.03. The van der Waals surface area contributed by atoms with Gasteiger partial charge in [0.05, 0.1) is 11.2 Å². The van der Waals surface area contributed by atoms with Crippen LogP contribution in [-0.4, -0.2) is 36.4 Å². The number of fused-ring (bicyclic) bond motifs is 1. The van der Waals surface area contributed by atoms with Gasteiger partial charge in [-0.1, -0.05) is 41.9 Å². The average molecular weight is 386 g/mol. The Morgan fingerprint density at radius 3 is 2.70 bits per heavy atom. The smallest absolute Gasteiger partial charge is 0.346 e. The molecule has 0 bridgehead atoms. The van der Waals surface area contributed by atoms with Gasteiger partial charge in [-0.05, 0) is 30.2 Å². The first-order chi connectivity index (χ1) is 13.0. The first-order valence-corrected chi connectivity index (χ1v) is 8.72. The molecule has 0 unspecified atom stereocenters. The Kier molecular flexibility index (Phi) is 4.24. The molecule has 2 aliphatic rings. The van der Waals surface area contributed by atoms with Crippen molar-refractivity contribution in [2.45, 2.75) is 12.5 Å². The van der Waals surface area contributed by atoms with Crippen LogP contribution in [0.25, 0.3) is 0 Å². The second kappa shape index (κ2) is 6.59. The topological polar surface area (TPSA) is 80.2 Å². The Bertz CT molecular complexity index is 947. The number of hydrazone groups is 1. The van der Waals surface area contributed by atoms with Crippen molar-refractivity contribution in [2.75, 3.05) is 13.2 Å². The zero-order valence-corrected chi connectivity index (χ0v) is 15.2. The normalized spacial score (nSPS) is 21.6. The quantitative estimate of drug-likeness (QED) is 0.650. The van der Waals surface area contributed by atoms with E-state index >= 15 is 0 Å². The highest BCUT2D eigenvalue weighted by Crippen LogP contribution is 2.38.